The summed E-state index contributed by atoms with van der Waals surface area (Å²) in [5.41, 5.74) is 3.25. The number of para-hydroxylation sites is 1. The van der Waals surface area contributed by atoms with Gasteiger partial charge in [0, 0.05) is 62.5 Å². The van der Waals surface area contributed by atoms with E-state index in [9.17, 15) is 4.39 Å². The highest BCUT2D eigenvalue weighted by Gasteiger charge is 2.16. The first-order valence-electron chi connectivity index (χ1n) is 12.1. The standard InChI is InChI=1S/C28H31FN4OS/c1-20(19-33-14-12-32(2)13-15-33)31-18-21-6-5-7-22(16-21)27-17-24-28(35-27)26(10-11-30-24)34-25-9-4-3-8-23(25)29/h3-11,16-17,20,31H,12-15,18-19H2,1-2H3. The summed E-state index contributed by atoms with van der Waals surface area (Å²) in [4.78, 5) is 10.6. The number of nitrogens with zero attached hydrogens (tertiary/aromatic N) is 3. The largest absolute Gasteiger partial charge is 0.453 e. The number of aromatic nitrogens is 1. The summed E-state index contributed by atoms with van der Waals surface area (Å²) in [5.74, 6) is 0.455. The first kappa shape index (κ1) is 23.9. The topological polar surface area (TPSA) is 40.6 Å². The minimum Gasteiger partial charge on any atom is -0.453 e. The molecular weight excluding hydrogens is 459 g/mol. The number of ether oxygens (including phenoxy) is 1. The van der Waals surface area contributed by atoms with Crippen LogP contribution in [0.5, 0.6) is 11.5 Å². The van der Waals surface area contributed by atoms with Gasteiger partial charge in [-0.15, -0.1) is 11.3 Å². The van der Waals surface area contributed by atoms with Crippen molar-refractivity contribution in [1.29, 1.82) is 0 Å². The number of halogens is 1. The molecule has 2 aromatic carbocycles. The van der Waals surface area contributed by atoms with E-state index >= 15 is 0 Å². The molecule has 1 fully saturated rings. The van der Waals surface area contributed by atoms with E-state index in [0.717, 1.165) is 59.9 Å². The van der Waals surface area contributed by atoms with Crippen LogP contribution in [0.2, 0.25) is 0 Å². The van der Waals surface area contributed by atoms with Crippen molar-refractivity contribution in [3.8, 4) is 21.9 Å². The van der Waals surface area contributed by atoms with Crippen molar-refractivity contribution in [3.63, 3.8) is 0 Å². The van der Waals surface area contributed by atoms with Crippen molar-refractivity contribution in [2.24, 2.45) is 0 Å². The number of hydrogen-bond acceptors (Lipinski definition) is 6. The first-order chi connectivity index (χ1) is 17.0. The van der Waals surface area contributed by atoms with Gasteiger partial charge in [0.2, 0.25) is 0 Å². The molecule has 0 amide bonds. The van der Waals surface area contributed by atoms with Crippen molar-refractivity contribution in [2.75, 3.05) is 39.8 Å². The van der Waals surface area contributed by atoms with Gasteiger partial charge in [-0.05, 0) is 49.4 Å². The highest BCUT2D eigenvalue weighted by molar-refractivity contribution is 7.22. The Morgan fingerprint density at radius 1 is 1.03 bits per heavy atom. The van der Waals surface area contributed by atoms with E-state index in [1.165, 1.54) is 11.6 Å². The van der Waals surface area contributed by atoms with Gasteiger partial charge in [-0.2, -0.15) is 0 Å². The molecule has 1 unspecified atom stereocenters. The highest BCUT2D eigenvalue weighted by Crippen LogP contribution is 2.39. The molecule has 1 N–H and O–H groups in total. The minimum absolute atomic E-state index is 0.216. The summed E-state index contributed by atoms with van der Waals surface area (Å²) in [6.45, 7) is 8.73. The van der Waals surface area contributed by atoms with Gasteiger partial charge in [0.15, 0.2) is 11.6 Å². The van der Waals surface area contributed by atoms with Crippen LogP contribution in [-0.2, 0) is 6.54 Å². The monoisotopic (exact) mass is 490 g/mol. The van der Waals surface area contributed by atoms with Crippen molar-refractivity contribution >= 4 is 21.6 Å². The van der Waals surface area contributed by atoms with Crippen LogP contribution in [0.3, 0.4) is 0 Å². The summed E-state index contributed by atoms with van der Waals surface area (Å²) in [6, 6.07) is 19.4. The normalized spacial score (nSPS) is 16.0. The molecular formula is C28H31FN4OS. The molecule has 1 aliphatic rings. The molecule has 182 valence electrons. The number of nitrogens with one attached hydrogen (secondary N) is 1. The maximum atomic E-state index is 14.1. The van der Waals surface area contributed by atoms with Gasteiger partial charge >= 0.3 is 0 Å². The molecule has 0 saturated carbocycles. The quantitative estimate of drug-likeness (QED) is 0.347. The lowest BCUT2D eigenvalue weighted by atomic mass is 10.1. The Hall–Kier alpha value is -2.84. The summed E-state index contributed by atoms with van der Waals surface area (Å²) >= 11 is 1.62. The zero-order chi connectivity index (χ0) is 24.2. The molecule has 0 radical (unpaired) electrons. The highest BCUT2D eigenvalue weighted by atomic mass is 32.1. The molecule has 0 spiro atoms. The van der Waals surface area contributed by atoms with Crippen LogP contribution in [0.4, 0.5) is 4.39 Å². The minimum atomic E-state index is -0.378. The number of likely N-dealkylation sites (N-methyl/N-ethyl adjacent to an activating group) is 1. The molecule has 3 heterocycles. The maximum absolute atomic E-state index is 14.1. The fraction of sp³-hybridized carbons (Fsp3) is 0.321. The zero-order valence-electron chi connectivity index (χ0n) is 20.2. The fourth-order valence-corrected chi connectivity index (χ4v) is 5.45. The van der Waals surface area contributed by atoms with Crippen LogP contribution < -0.4 is 10.1 Å². The van der Waals surface area contributed by atoms with E-state index in [4.69, 9.17) is 4.74 Å². The van der Waals surface area contributed by atoms with Crippen molar-refractivity contribution in [3.05, 3.63) is 78.2 Å². The summed E-state index contributed by atoms with van der Waals surface area (Å²) < 4.78 is 20.9. The van der Waals surface area contributed by atoms with Gasteiger partial charge in [0.25, 0.3) is 0 Å². The van der Waals surface area contributed by atoms with Crippen LogP contribution in [0.15, 0.2) is 66.9 Å². The Morgan fingerprint density at radius 2 is 1.86 bits per heavy atom. The van der Waals surface area contributed by atoms with Crippen LogP contribution >= 0.6 is 11.3 Å². The average molecular weight is 491 g/mol. The predicted molar refractivity (Wildman–Crippen MR) is 142 cm³/mol. The molecule has 4 aromatic rings. The summed E-state index contributed by atoms with van der Waals surface area (Å²) in [5, 5.41) is 3.68. The number of pyridine rings is 1. The molecule has 5 rings (SSSR count). The Kier molecular flexibility index (Phi) is 7.39. The van der Waals surface area contributed by atoms with Gasteiger partial charge in [-0.25, -0.2) is 4.39 Å². The third-order valence-electron chi connectivity index (χ3n) is 6.43. The molecule has 1 atom stereocenters. The van der Waals surface area contributed by atoms with E-state index in [1.807, 2.05) is 0 Å². The van der Waals surface area contributed by atoms with Crippen LogP contribution in [0.1, 0.15) is 12.5 Å². The molecule has 0 bridgehead atoms. The zero-order valence-corrected chi connectivity index (χ0v) is 21.0. The molecule has 0 aliphatic carbocycles. The Morgan fingerprint density at radius 3 is 2.69 bits per heavy atom. The van der Waals surface area contributed by atoms with Crippen LogP contribution in [-0.4, -0.2) is 60.6 Å². The molecule has 2 aromatic heterocycles. The number of benzene rings is 2. The maximum Gasteiger partial charge on any atom is 0.165 e. The number of fused-ring (bicyclic) bond motifs is 1. The van der Waals surface area contributed by atoms with Gasteiger partial charge in [0.1, 0.15) is 5.75 Å². The lowest BCUT2D eigenvalue weighted by Gasteiger charge is -2.34. The van der Waals surface area contributed by atoms with Gasteiger partial charge < -0.3 is 15.0 Å². The van der Waals surface area contributed by atoms with Crippen LogP contribution in [0.25, 0.3) is 20.7 Å². The van der Waals surface area contributed by atoms with E-state index in [1.54, 1.807) is 41.8 Å². The Labute approximate surface area is 210 Å². The molecule has 5 nitrogen and oxygen atoms in total. The van der Waals surface area contributed by atoms with Gasteiger partial charge in [-0.3, -0.25) is 9.88 Å². The second-order valence-corrected chi connectivity index (χ2v) is 10.3. The number of thiophene rings is 1. The average Bonchev–Trinajstić information content (AvgIpc) is 3.31. The summed E-state index contributed by atoms with van der Waals surface area (Å²) in [7, 11) is 2.19. The van der Waals surface area contributed by atoms with E-state index in [-0.39, 0.29) is 11.6 Å². The first-order valence-corrected chi connectivity index (χ1v) is 12.9. The number of piperazine rings is 1. The molecule has 35 heavy (non-hydrogen) atoms. The van der Waals surface area contributed by atoms with E-state index in [2.05, 4.69) is 64.4 Å². The van der Waals surface area contributed by atoms with E-state index < -0.39 is 0 Å². The second kappa shape index (κ2) is 10.8. The van der Waals surface area contributed by atoms with Gasteiger partial charge in [-0.1, -0.05) is 30.3 Å². The van der Waals surface area contributed by atoms with Crippen molar-refractivity contribution in [2.45, 2.75) is 19.5 Å². The lowest BCUT2D eigenvalue weighted by molar-refractivity contribution is 0.144. The lowest BCUT2D eigenvalue weighted by Crippen LogP contribution is -2.48. The molecule has 1 saturated heterocycles. The van der Waals surface area contributed by atoms with Crippen molar-refractivity contribution < 1.29 is 9.13 Å². The predicted octanol–water partition coefficient (Wildman–Crippen LogP) is 5.62. The Balaban J connectivity index is 1.28. The van der Waals surface area contributed by atoms with E-state index in [0.29, 0.717) is 11.8 Å². The van der Waals surface area contributed by atoms with Crippen molar-refractivity contribution in [1.82, 2.24) is 20.1 Å². The summed E-state index contributed by atoms with van der Waals surface area (Å²) in [6.07, 6.45) is 1.71. The third-order valence-corrected chi connectivity index (χ3v) is 7.61. The SMILES string of the molecule is CC(CN1CCN(C)CC1)NCc1cccc(-c2cc3nccc(Oc4ccccc4F)c3s2)c1. The smallest absolute Gasteiger partial charge is 0.165 e. The Bertz CT molecular complexity index is 1280. The number of hydrogen-bond donors (Lipinski definition) is 1. The molecule has 7 heteroatoms. The van der Waals surface area contributed by atoms with Gasteiger partial charge in [0.05, 0.1) is 10.2 Å². The third kappa shape index (κ3) is 5.87. The second-order valence-electron chi connectivity index (χ2n) is 9.25. The molecule has 1 aliphatic heterocycles. The van der Waals surface area contributed by atoms with Crippen LogP contribution in [0, 0.1) is 5.82 Å². The fourth-order valence-electron chi connectivity index (χ4n) is 4.39. The number of rotatable bonds is 8.